The van der Waals surface area contributed by atoms with E-state index >= 15 is 0 Å². The van der Waals surface area contributed by atoms with Crippen molar-refractivity contribution in [3.8, 4) is 17.2 Å². The SMILES string of the molecule is CC(C)(C)c1ccc(O[C@H](Cc2cc(Cl)ccc2Oc2ccccc2)C(=O)O)cc1. The number of hydrogen-bond acceptors (Lipinski definition) is 3. The number of ether oxygens (including phenoxy) is 2. The van der Waals surface area contributed by atoms with Gasteiger partial charge in [-0.25, -0.2) is 4.79 Å². The molecule has 0 fully saturated rings. The highest BCUT2D eigenvalue weighted by molar-refractivity contribution is 6.30. The van der Waals surface area contributed by atoms with E-state index in [-0.39, 0.29) is 11.8 Å². The zero-order valence-electron chi connectivity index (χ0n) is 17.3. The van der Waals surface area contributed by atoms with Gasteiger partial charge in [0.05, 0.1) is 0 Å². The summed E-state index contributed by atoms with van der Waals surface area (Å²) in [5.41, 5.74) is 1.81. The molecule has 0 saturated carbocycles. The van der Waals surface area contributed by atoms with Crippen molar-refractivity contribution in [2.24, 2.45) is 0 Å². The van der Waals surface area contributed by atoms with E-state index in [1.54, 1.807) is 30.3 Å². The van der Waals surface area contributed by atoms with Crippen LogP contribution in [0.15, 0.2) is 72.8 Å². The van der Waals surface area contributed by atoms with Crippen molar-refractivity contribution in [1.29, 1.82) is 0 Å². The fourth-order valence-corrected chi connectivity index (χ4v) is 3.19. The summed E-state index contributed by atoms with van der Waals surface area (Å²) in [6.45, 7) is 6.36. The molecule has 0 saturated heterocycles. The van der Waals surface area contributed by atoms with E-state index in [0.717, 1.165) is 5.56 Å². The molecule has 0 amide bonds. The van der Waals surface area contributed by atoms with Crippen molar-refractivity contribution < 1.29 is 19.4 Å². The molecule has 0 aromatic heterocycles. The lowest BCUT2D eigenvalue weighted by Crippen LogP contribution is -2.29. The number of carboxylic acids is 1. The lowest BCUT2D eigenvalue weighted by Gasteiger charge is -2.21. The topological polar surface area (TPSA) is 55.8 Å². The highest BCUT2D eigenvalue weighted by Crippen LogP contribution is 2.30. The van der Waals surface area contributed by atoms with Gasteiger partial charge in [-0.15, -0.1) is 0 Å². The van der Waals surface area contributed by atoms with Gasteiger partial charge in [-0.3, -0.25) is 0 Å². The van der Waals surface area contributed by atoms with E-state index in [1.165, 1.54) is 0 Å². The molecule has 30 heavy (non-hydrogen) atoms. The molecular weight excluding hydrogens is 400 g/mol. The summed E-state index contributed by atoms with van der Waals surface area (Å²) < 4.78 is 11.7. The average molecular weight is 425 g/mol. The molecule has 0 aliphatic carbocycles. The first kappa shape index (κ1) is 21.7. The van der Waals surface area contributed by atoms with Gasteiger partial charge in [0.1, 0.15) is 17.2 Å². The van der Waals surface area contributed by atoms with Gasteiger partial charge in [0.25, 0.3) is 0 Å². The predicted octanol–water partition coefficient (Wildman–Crippen LogP) is 6.50. The van der Waals surface area contributed by atoms with Gasteiger partial charge in [0.15, 0.2) is 6.10 Å². The zero-order valence-corrected chi connectivity index (χ0v) is 18.0. The second kappa shape index (κ2) is 9.23. The Hall–Kier alpha value is -2.98. The fourth-order valence-electron chi connectivity index (χ4n) is 3.00. The maximum atomic E-state index is 11.9. The summed E-state index contributed by atoms with van der Waals surface area (Å²) in [7, 11) is 0. The molecule has 0 spiro atoms. The van der Waals surface area contributed by atoms with Crippen LogP contribution in [0.3, 0.4) is 0 Å². The van der Waals surface area contributed by atoms with Crippen molar-refractivity contribution in [2.45, 2.75) is 38.7 Å². The smallest absolute Gasteiger partial charge is 0.345 e. The normalized spacial score (nSPS) is 12.3. The van der Waals surface area contributed by atoms with Gasteiger partial charge in [0.2, 0.25) is 0 Å². The number of carbonyl (C=O) groups is 1. The molecule has 156 valence electrons. The molecule has 4 nitrogen and oxygen atoms in total. The Morgan fingerprint density at radius 3 is 2.23 bits per heavy atom. The molecule has 0 aliphatic rings. The Kier molecular flexibility index (Phi) is 6.68. The quantitative estimate of drug-likeness (QED) is 0.470. The highest BCUT2D eigenvalue weighted by Gasteiger charge is 2.23. The third kappa shape index (κ3) is 5.77. The number of rotatable bonds is 7. The minimum atomic E-state index is -1.08. The summed E-state index contributed by atoms with van der Waals surface area (Å²) in [5.74, 6) is 0.652. The summed E-state index contributed by atoms with van der Waals surface area (Å²) >= 11 is 6.16. The minimum absolute atomic E-state index is 0.00912. The summed E-state index contributed by atoms with van der Waals surface area (Å²) in [6, 6.07) is 22.0. The average Bonchev–Trinajstić information content (AvgIpc) is 2.70. The van der Waals surface area contributed by atoms with Crippen LogP contribution in [0, 0.1) is 0 Å². The van der Waals surface area contributed by atoms with Gasteiger partial charge in [-0.1, -0.05) is 62.7 Å². The summed E-state index contributed by atoms with van der Waals surface area (Å²) in [5, 5.41) is 10.2. The standard InChI is InChI=1S/C25H25ClO4/c1-25(2,3)18-9-12-21(13-10-18)30-23(24(27)28)16-17-15-19(26)11-14-22(17)29-20-7-5-4-6-8-20/h4-15,23H,16H2,1-3H3,(H,27,28)/t23-/m1/s1. The van der Waals surface area contributed by atoms with E-state index in [0.29, 0.717) is 27.8 Å². The van der Waals surface area contributed by atoms with Gasteiger partial charge in [-0.2, -0.15) is 0 Å². The number of para-hydroxylation sites is 1. The molecular formula is C25H25ClO4. The van der Waals surface area contributed by atoms with Crippen LogP contribution in [0.25, 0.3) is 0 Å². The Bertz CT molecular complexity index is 992. The van der Waals surface area contributed by atoms with Gasteiger partial charge in [-0.05, 0) is 53.4 Å². The van der Waals surface area contributed by atoms with Gasteiger partial charge >= 0.3 is 5.97 Å². The third-order valence-corrected chi connectivity index (χ3v) is 4.91. The van der Waals surface area contributed by atoms with Crippen LogP contribution in [0.2, 0.25) is 5.02 Å². The zero-order chi connectivity index (χ0) is 21.7. The van der Waals surface area contributed by atoms with Crippen molar-refractivity contribution in [3.63, 3.8) is 0 Å². The van der Waals surface area contributed by atoms with E-state index < -0.39 is 12.1 Å². The molecule has 0 bridgehead atoms. The maximum Gasteiger partial charge on any atom is 0.345 e. The highest BCUT2D eigenvalue weighted by atomic mass is 35.5. The molecule has 3 aromatic carbocycles. The van der Waals surface area contributed by atoms with Crippen molar-refractivity contribution in [1.82, 2.24) is 0 Å². The fraction of sp³-hybridized carbons (Fsp3) is 0.240. The molecule has 1 atom stereocenters. The molecule has 3 rings (SSSR count). The van der Waals surface area contributed by atoms with Crippen molar-refractivity contribution >= 4 is 17.6 Å². The largest absolute Gasteiger partial charge is 0.478 e. The van der Waals surface area contributed by atoms with Crippen LogP contribution >= 0.6 is 11.6 Å². The Balaban J connectivity index is 1.81. The second-order valence-electron chi connectivity index (χ2n) is 8.09. The van der Waals surface area contributed by atoms with Gasteiger partial charge < -0.3 is 14.6 Å². The molecule has 0 aliphatic heterocycles. The van der Waals surface area contributed by atoms with Crippen LogP contribution in [-0.4, -0.2) is 17.2 Å². The Morgan fingerprint density at radius 2 is 1.63 bits per heavy atom. The van der Waals surface area contributed by atoms with E-state index in [2.05, 4.69) is 20.8 Å². The van der Waals surface area contributed by atoms with Crippen LogP contribution < -0.4 is 9.47 Å². The Morgan fingerprint density at radius 1 is 0.967 bits per heavy atom. The van der Waals surface area contributed by atoms with Crippen LogP contribution in [0.1, 0.15) is 31.9 Å². The van der Waals surface area contributed by atoms with Gasteiger partial charge in [0, 0.05) is 17.0 Å². The van der Waals surface area contributed by atoms with Crippen LogP contribution in [-0.2, 0) is 16.6 Å². The van der Waals surface area contributed by atoms with Crippen molar-refractivity contribution in [3.05, 3.63) is 88.9 Å². The number of halogens is 1. The summed E-state index contributed by atoms with van der Waals surface area (Å²) in [4.78, 5) is 11.9. The number of carboxylic acid groups (broad SMARTS) is 1. The first-order valence-corrected chi connectivity index (χ1v) is 10.1. The first-order chi connectivity index (χ1) is 14.2. The molecule has 1 N–H and O–H groups in total. The molecule has 5 heteroatoms. The number of hydrogen-bond donors (Lipinski definition) is 1. The monoisotopic (exact) mass is 424 g/mol. The molecule has 0 radical (unpaired) electrons. The first-order valence-electron chi connectivity index (χ1n) is 9.74. The van der Waals surface area contributed by atoms with Crippen LogP contribution in [0.4, 0.5) is 0 Å². The van der Waals surface area contributed by atoms with E-state index in [4.69, 9.17) is 21.1 Å². The van der Waals surface area contributed by atoms with Crippen LogP contribution in [0.5, 0.6) is 17.2 Å². The second-order valence-corrected chi connectivity index (χ2v) is 8.53. The van der Waals surface area contributed by atoms with E-state index in [9.17, 15) is 9.90 Å². The predicted molar refractivity (Wildman–Crippen MR) is 119 cm³/mol. The lowest BCUT2D eigenvalue weighted by molar-refractivity contribution is -0.145. The Labute approximate surface area is 182 Å². The summed E-state index contributed by atoms with van der Waals surface area (Å²) in [6.07, 6.45) is -0.971. The molecule has 0 unspecified atom stereocenters. The lowest BCUT2D eigenvalue weighted by atomic mass is 9.87. The maximum absolute atomic E-state index is 11.9. The number of benzene rings is 3. The van der Waals surface area contributed by atoms with Crippen molar-refractivity contribution in [2.75, 3.05) is 0 Å². The third-order valence-electron chi connectivity index (χ3n) is 4.67. The van der Waals surface area contributed by atoms with E-state index in [1.807, 2.05) is 42.5 Å². The molecule has 0 heterocycles. The minimum Gasteiger partial charge on any atom is -0.478 e. The molecule has 3 aromatic rings. The number of aliphatic carboxylic acids is 1.